The Hall–Kier alpha value is 0.310. The van der Waals surface area contributed by atoms with Gasteiger partial charge in [-0.05, 0) is 146 Å². The second kappa shape index (κ2) is 8.66. The average Bonchev–Trinajstić information content (AvgIpc) is 2.79. The smallest absolute Gasteiger partial charge is 0.00736 e. The fourth-order valence-electron chi connectivity index (χ4n) is 12.6. The molecule has 0 bridgehead atoms. The lowest BCUT2D eigenvalue weighted by atomic mass is 9.30. The monoisotopic (exact) mass is 501 g/mol. The van der Waals surface area contributed by atoms with Gasteiger partial charge < -0.3 is 5.73 Å². The summed E-state index contributed by atoms with van der Waals surface area (Å²) in [6, 6.07) is 0. The first kappa shape index (κ1) is 26.9. The summed E-state index contributed by atoms with van der Waals surface area (Å²) >= 11 is 5.25. The molecule has 0 spiro atoms. The van der Waals surface area contributed by atoms with Crippen molar-refractivity contribution < 1.29 is 0 Å². The van der Waals surface area contributed by atoms with E-state index >= 15 is 0 Å². The lowest BCUT2D eigenvalue weighted by Crippen LogP contribution is -2.68. The molecule has 5 aliphatic carbocycles. The zero-order valence-electron chi connectivity index (χ0n) is 24.6. The first-order chi connectivity index (χ1) is 16.3. The first-order valence-electron chi connectivity index (χ1n) is 15.7. The Morgan fingerprint density at radius 2 is 1.51 bits per heavy atom. The summed E-state index contributed by atoms with van der Waals surface area (Å²) in [5.41, 5.74) is 8.42. The minimum atomic E-state index is 0.328. The fourth-order valence-corrected chi connectivity index (χ4v) is 13.0. The number of fused-ring (bicyclic) bond motifs is 7. The SMILES string of the molecule is C[C@@H]1[C@H]2[C@H]3CC[C@@H]4[C@@]5(C)C(CCCN)CC(S)C(C)(C)[C@@H]5CC[C@@]4(C)[C@]3(C)CC[C@@]2(C)CC[C@H]1C. The van der Waals surface area contributed by atoms with Crippen molar-refractivity contribution in [1.29, 1.82) is 0 Å². The molecule has 12 atom stereocenters. The van der Waals surface area contributed by atoms with Gasteiger partial charge in [0.15, 0.2) is 0 Å². The van der Waals surface area contributed by atoms with Gasteiger partial charge >= 0.3 is 0 Å². The highest BCUT2D eigenvalue weighted by Gasteiger charge is 2.71. The third kappa shape index (κ3) is 3.49. The van der Waals surface area contributed by atoms with Gasteiger partial charge in [-0.15, -0.1) is 0 Å². The third-order valence-electron chi connectivity index (χ3n) is 15.1. The van der Waals surface area contributed by atoms with Crippen LogP contribution in [0.25, 0.3) is 0 Å². The maximum atomic E-state index is 6.09. The molecular weight excluding hydrogens is 442 g/mol. The Labute approximate surface area is 224 Å². The summed E-state index contributed by atoms with van der Waals surface area (Å²) in [6.45, 7) is 22.3. The van der Waals surface area contributed by atoms with E-state index in [1.807, 2.05) is 0 Å². The highest BCUT2D eigenvalue weighted by Crippen LogP contribution is 2.78. The van der Waals surface area contributed by atoms with Crippen LogP contribution in [0.2, 0.25) is 0 Å². The number of nitrogens with two attached hydrogens (primary N) is 1. The zero-order valence-corrected chi connectivity index (χ0v) is 25.5. The molecule has 2 heteroatoms. The Morgan fingerprint density at radius 3 is 2.20 bits per heavy atom. The highest BCUT2D eigenvalue weighted by atomic mass is 32.1. The standard InChI is InChI=1S/C33H59NS/c1-21-13-15-30(5)17-18-31(6)24(28(30)22(21)2)11-12-26-32(31,7)16-14-25-29(3,4)27(35)20-23(10-9-19-34)33(25,26)8/h21-28,35H,9-20,34H2,1-8H3/t21-,22+,23?,24-,25+,26+,27?,28+,30-,31-,32-,33+/m1/s1. The van der Waals surface area contributed by atoms with Gasteiger partial charge in [0, 0.05) is 5.25 Å². The van der Waals surface area contributed by atoms with E-state index in [9.17, 15) is 0 Å². The van der Waals surface area contributed by atoms with E-state index in [0.717, 1.165) is 48.0 Å². The molecule has 2 unspecified atom stereocenters. The van der Waals surface area contributed by atoms with Gasteiger partial charge in [0.1, 0.15) is 0 Å². The number of hydrogen-bond donors (Lipinski definition) is 2. The second-order valence-electron chi connectivity index (χ2n) is 16.3. The number of hydrogen-bond acceptors (Lipinski definition) is 2. The second-order valence-corrected chi connectivity index (χ2v) is 16.9. The summed E-state index contributed by atoms with van der Waals surface area (Å²) in [6.07, 6.45) is 15.5. The summed E-state index contributed by atoms with van der Waals surface area (Å²) < 4.78 is 0. The molecule has 5 saturated carbocycles. The topological polar surface area (TPSA) is 26.0 Å². The first-order valence-corrected chi connectivity index (χ1v) is 16.2. The van der Waals surface area contributed by atoms with Gasteiger partial charge in [0.05, 0.1) is 0 Å². The van der Waals surface area contributed by atoms with Crippen LogP contribution in [-0.2, 0) is 0 Å². The summed E-state index contributed by atoms with van der Waals surface area (Å²) in [5.74, 6) is 6.11. The van der Waals surface area contributed by atoms with Crippen molar-refractivity contribution in [3.8, 4) is 0 Å². The zero-order chi connectivity index (χ0) is 25.6. The molecule has 2 N–H and O–H groups in total. The minimum absolute atomic E-state index is 0.328. The van der Waals surface area contributed by atoms with Crippen LogP contribution >= 0.6 is 12.6 Å². The molecule has 0 aromatic heterocycles. The maximum absolute atomic E-state index is 6.09. The van der Waals surface area contributed by atoms with Crippen molar-refractivity contribution in [2.75, 3.05) is 6.54 Å². The Kier molecular flexibility index (Phi) is 6.65. The van der Waals surface area contributed by atoms with Crippen molar-refractivity contribution >= 4 is 12.6 Å². The van der Waals surface area contributed by atoms with Gasteiger partial charge in [-0.1, -0.05) is 55.4 Å². The predicted octanol–water partition coefficient (Wildman–Crippen LogP) is 9.01. The van der Waals surface area contributed by atoms with Crippen molar-refractivity contribution in [2.45, 2.75) is 131 Å². The molecule has 0 radical (unpaired) electrons. The quantitative estimate of drug-likeness (QED) is 0.371. The Morgan fingerprint density at radius 1 is 0.800 bits per heavy atom. The van der Waals surface area contributed by atoms with Gasteiger partial charge in [0.25, 0.3) is 0 Å². The minimum Gasteiger partial charge on any atom is -0.330 e. The Balaban J connectivity index is 1.56. The molecule has 0 amide bonds. The number of thiol groups is 1. The molecule has 5 fully saturated rings. The lowest BCUT2D eigenvalue weighted by molar-refractivity contribution is -0.258. The van der Waals surface area contributed by atoms with Crippen LogP contribution in [0.4, 0.5) is 0 Å². The van der Waals surface area contributed by atoms with Crippen molar-refractivity contribution in [3.05, 3.63) is 0 Å². The van der Waals surface area contributed by atoms with E-state index in [1.54, 1.807) is 0 Å². The predicted molar refractivity (Wildman–Crippen MR) is 155 cm³/mol. The van der Waals surface area contributed by atoms with Crippen LogP contribution in [0, 0.1) is 68.5 Å². The molecule has 1 nitrogen and oxygen atoms in total. The molecule has 0 saturated heterocycles. The van der Waals surface area contributed by atoms with Crippen LogP contribution in [0.15, 0.2) is 0 Å². The van der Waals surface area contributed by atoms with Gasteiger partial charge in [-0.3, -0.25) is 0 Å². The molecule has 0 aromatic carbocycles. The normalized spacial score (nSPS) is 57.4. The van der Waals surface area contributed by atoms with Crippen molar-refractivity contribution in [2.24, 2.45) is 74.2 Å². The van der Waals surface area contributed by atoms with Crippen LogP contribution in [0.3, 0.4) is 0 Å². The molecule has 35 heavy (non-hydrogen) atoms. The van der Waals surface area contributed by atoms with E-state index in [0.29, 0.717) is 32.3 Å². The summed E-state index contributed by atoms with van der Waals surface area (Å²) in [4.78, 5) is 0. The molecular formula is C33H59NS. The third-order valence-corrected chi connectivity index (χ3v) is 16.0. The maximum Gasteiger partial charge on any atom is 0.00736 e. The van der Waals surface area contributed by atoms with Gasteiger partial charge in [-0.2, -0.15) is 12.6 Å². The fraction of sp³-hybridized carbons (Fsp3) is 1.00. The summed E-state index contributed by atoms with van der Waals surface area (Å²) in [7, 11) is 0. The van der Waals surface area contributed by atoms with Crippen LogP contribution in [-0.4, -0.2) is 11.8 Å². The van der Waals surface area contributed by atoms with E-state index < -0.39 is 0 Å². The number of rotatable bonds is 3. The molecule has 5 rings (SSSR count). The highest BCUT2D eigenvalue weighted by molar-refractivity contribution is 7.81. The van der Waals surface area contributed by atoms with E-state index in [2.05, 4.69) is 55.4 Å². The molecule has 202 valence electrons. The van der Waals surface area contributed by atoms with Crippen molar-refractivity contribution in [3.63, 3.8) is 0 Å². The van der Waals surface area contributed by atoms with Crippen LogP contribution in [0.1, 0.15) is 126 Å². The van der Waals surface area contributed by atoms with Crippen molar-refractivity contribution in [1.82, 2.24) is 0 Å². The van der Waals surface area contributed by atoms with E-state index in [1.165, 1.54) is 70.6 Å². The largest absolute Gasteiger partial charge is 0.330 e. The lowest BCUT2D eigenvalue weighted by Gasteiger charge is -2.75. The molecule has 5 aliphatic rings. The Bertz CT molecular complexity index is 807. The van der Waals surface area contributed by atoms with Gasteiger partial charge in [0.2, 0.25) is 0 Å². The molecule has 0 heterocycles. The van der Waals surface area contributed by atoms with E-state index in [4.69, 9.17) is 18.4 Å². The molecule has 0 aromatic rings. The van der Waals surface area contributed by atoms with Crippen LogP contribution in [0.5, 0.6) is 0 Å². The summed E-state index contributed by atoms with van der Waals surface area (Å²) in [5, 5.41) is 0.527. The average molecular weight is 502 g/mol. The van der Waals surface area contributed by atoms with Crippen LogP contribution < -0.4 is 5.73 Å². The molecule has 0 aliphatic heterocycles. The van der Waals surface area contributed by atoms with E-state index in [-0.39, 0.29) is 0 Å². The van der Waals surface area contributed by atoms with Gasteiger partial charge in [-0.25, -0.2) is 0 Å².